The van der Waals surface area contributed by atoms with E-state index in [1.54, 1.807) is 13.0 Å². The molecule has 1 saturated carbocycles. The molecule has 0 bridgehead atoms. The standard InChI is InChI=1S/C56H68N2O15/c1-28(2)13-12-22-54(10)23-21-38-47(72-54)37(19-14-29(3)4)49-41(48(38)71-52(66)34-15-17-36(18-16-34)69-53-46(63)45(62)43(60)39(27-59)70-53)44(61)42-40(35(25-57)26-58)32(8)50(64)55(67,24-20-31(7)51(65)68-11)56(42,73-49)33(9)30(5)6/h13-18,20-21,23,30,32-33,35,39-40,42-43,45-46,53,59-60,62-63,67H,12,19,22,24,27H2,1-11H3/b31-20-/t32?,33?,39-,40?,42?,43-,45+,46-,53-,54?,55?,56?/m1/s1. The van der Waals surface area contributed by atoms with E-state index >= 15 is 9.59 Å². The van der Waals surface area contributed by atoms with E-state index in [2.05, 4.69) is 6.08 Å². The number of aliphatic hydroxyl groups excluding tert-OH is 4. The van der Waals surface area contributed by atoms with Crippen LogP contribution in [0, 0.1) is 58.2 Å². The number of allylic oxidation sites excluding steroid dienone is 4. The molecule has 3 heterocycles. The van der Waals surface area contributed by atoms with Gasteiger partial charge in [-0.2, -0.15) is 10.5 Å². The van der Waals surface area contributed by atoms with Gasteiger partial charge in [-0.15, -0.1) is 0 Å². The molecule has 5 N–H and O–H groups in total. The van der Waals surface area contributed by atoms with Crippen LogP contribution in [0.2, 0.25) is 0 Å². The molecule has 73 heavy (non-hydrogen) atoms. The van der Waals surface area contributed by atoms with Gasteiger partial charge in [-0.05, 0) is 103 Å². The van der Waals surface area contributed by atoms with Crippen molar-refractivity contribution in [2.75, 3.05) is 13.7 Å². The average molecular weight is 1010 g/mol. The second-order valence-corrected chi connectivity index (χ2v) is 20.7. The summed E-state index contributed by atoms with van der Waals surface area (Å²) < 4.78 is 37.0. The lowest BCUT2D eigenvalue weighted by atomic mass is 9.47. The first-order valence-corrected chi connectivity index (χ1v) is 24.6. The average Bonchev–Trinajstić information content (AvgIpc) is 3.35. The zero-order valence-electron chi connectivity index (χ0n) is 43.3. The molecule has 3 aliphatic heterocycles. The van der Waals surface area contributed by atoms with E-state index in [1.165, 1.54) is 51.3 Å². The number of fused-ring (bicyclic) bond motifs is 3. The van der Waals surface area contributed by atoms with E-state index in [-0.39, 0.29) is 51.7 Å². The summed E-state index contributed by atoms with van der Waals surface area (Å²) in [5.41, 5.74) is -3.49. The fourth-order valence-electron chi connectivity index (χ4n) is 10.5. The van der Waals surface area contributed by atoms with Crippen LogP contribution >= 0.6 is 0 Å². The van der Waals surface area contributed by atoms with Gasteiger partial charge in [0.1, 0.15) is 58.7 Å². The van der Waals surface area contributed by atoms with Crippen molar-refractivity contribution in [3.63, 3.8) is 0 Å². The Kier molecular flexibility index (Phi) is 17.0. The van der Waals surface area contributed by atoms with Crippen molar-refractivity contribution >= 4 is 29.6 Å². The monoisotopic (exact) mass is 1010 g/mol. The molecule has 17 heteroatoms. The van der Waals surface area contributed by atoms with E-state index in [4.69, 9.17) is 28.4 Å². The minimum absolute atomic E-state index is 0.0533. The number of nitrogens with zero attached hydrogens (tertiary/aromatic N) is 2. The van der Waals surface area contributed by atoms with Crippen molar-refractivity contribution in [2.24, 2.45) is 35.5 Å². The lowest BCUT2D eigenvalue weighted by Crippen LogP contribution is -2.78. The summed E-state index contributed by atoms with van der Waals surface area (Å²) in [6.45, 7) is 17.3. The Labute approximate surface area is 426 Å². The van der Waals surface area contributed by atoms with Crippen molar-refractivity contribution in [3.8, 4) is 35.1 Å². The molecular formula is C56H68N2O15. The number of ketones is 2. The fraction of sp³-hybridized carbons (Fsp3) is 0.536. The molecule has 0 spiro atoms. The third kappa shape index (κ3) is 10.4. The first-order chi connectivity index (χ1) is 34.4. The molecule has 0 radical (unpaired) electrons. The largest absolute Gasteiger partial charge is 0.482 e. The molecule has 4 aliphatic rings. The quantitative estimate of drug-likeness (QED) is 0.0522. The van der Waals surface area contributed by atoms with Gasteiger partial charge in [-0.1, -0.05) is 57.1 Å². The second-order valence-electron chi connectivity index (χ2n) is 20.7. The second kappa shape index (κ2) is 22.1. The molecule has 1 aliphatic carbocycles. The number of rotatable bonds is 16. The molecule has 0 aromatic heterocycles. The highest BCUT2D eigenvalue weighted by molar-refractivity contribution is 6.10. The predicted molar refractivity (Wildman–Crippen MR) is 265 cm³/mol. The van der Waals surface area contributed by atoms with Crippen LogP contribution in [0.4, 0.5) is 0 Å². The number of esters is 2. The van der Waals surface area contributed by atoms with E-state index < -0.39 is 120 Å². The number of ether oxygens (including phenoxy) is 6. The molecule has 2 fully saturated rings. The summed E-state index contributed by atoms with van der Waals surface area (Å²) in [5, 5.41) is 75.5. The predicted octanol–water partition coefficient (Wildman–Crippen LogP) is 6.46. The Morgan fingerprint density at radius 2 is 1.55 bits per heavy atom. The van der Waals surface area contributed by atoms with E-state index in [0.29, 0.717) is 18.4 Å². The number of Topliss-reactive ketones (excluding diaryl/α,β-unsaturated/α-hetero) is 2. The number of methoxy groups -OCH3 is 1. The normalized spacial score (nSPS) is 29.8. The van der Waals surface area contributed by atoms with Crippen LogP contribution in [0.1, 0.15) is 120 Å². The Hall–Kier alpha value is -6.18. The zero-order chi connectivity index (χ0) is 54.1. The molecule has 0 amide bonds. The van der Waals surface area contributed by atoms with Crippen molar-refractivity contribution in [3.05, 3.63) is 87.5 Å². The van der Waals surface area contributed by atoms with Gasteiger partial charge in [-0.25, -0.2) is 9.59 Å². The summed E-state index contributed by atoms with van der Waals surface area (Å²) in [5.74, 6) is -10.6. The molecular weight excluding hydrogens is 941 g/mol. The molecule has 12 atom stereocenters. The maximum atomic E-state index is 16.4. The van der Waals surface area contributed by atoms with Crippen molar-refractivity contribution < 1.29 is 73.1 Å². The van der Waals surface area contributed by atoms with Gasteiger partial charge in [0.15, 0.2) is 28.5 Å². The Morgan fingerprint density at radius 3 is 2.12 bits per heavy atom. The van der Waals surface area contributed by atoms with Gasteiger partial charge in [0, 0.05) is 35.3 Å². The lowest BCUT2D eigenvalue weighted by Gasteiger charge is -2.61. The number of hydrogen-bond acceptors (Lipinski definition) is 17. The van der Waals surface area contributed by atoms with Crippen LogP contribution in [0.25, 0.3) is 6.08 Å². The number of nitriles is 2. The maximum Gasteiger partial charge on any atom is 0.343 e. The molecule has 2 aromatic carbocycles. The number of aliphatic hydroxyl groups is 5. The highest BCUT2D eigenvalue weighted by Gasteiger charge is 2.75. The van der Waals surface area contributed by atoms with Crippen LogP contribution in [0.3, 0.4) is 0 Å². The first kappa shape index (κ1) is 56.1. The minimum atomic E-state index is -2.59. The van der Waals surface area contributed by atoms with Gasteiger partial charge in [0.25, 0.3) is 0 Å². The summed E-state index contributed by atoms with van der Waals surface area (Å²) in [6.07, 6.45) is 1.77. The Morgan fingerprint density at radius 1 is 0.904 bits per heavy atom. The van der Waals surface area contributed by atoms with Gasteiger partial charge < -0.3 is 54.0 Å². The number of benzene rings is 2. The van der Waals surface area contributed by atoms with Crippen LogP contribution in [-0.4, -0.2) is 110 Å². The number of carbonyl (C=O) groups is 4. The van der Waals surface area contributed by atoms with Crippen molar-refractivity contribution in [1.29, 1.82) is 10.5 Å². The van der Waals surface area contributed by atoms with Gasteiger partial charge in [0.05, 0.1) is 42.9 Å². The van der Waals surface area contributed by atoms with Gasteiger partial charge >= 0.3 is 11.9 Å². The van der Waals surface area contributed by atoms with Crippen LogP contribution in [0.5, 0.6) is 23.0 Å². The summed E-state index contributed by atoms with van der Waals surface area (Å²) in [6, 6.07) is 9.39. The highest BCUT2D eigenvalue weighted by atomic mass is 16.7. The van der Waals surface area contributed by atoms with Crippen LogP contribution in [0.15, 0.2) is 65.3 Å². The Bertz CT molecular complexity index is 2670. The van der Waals surface area contributed by atoms with Gasteiger partial charge in [-0.3, -0.25) is 9.59 Å². The summed E-state index contributed by atoms with van der Waals surface area (Å²) in [4.78, 5) is 59.0. The van der Waals surface area contributed by atoms with E-state index in [0.717, 1.165) is 11.1 Å². The molecule has 1 saturated heterocycles. The number of carbonyl (C=O) groups excluding carboxylic acids is 4. The molecule has 17 nitrogen and oxygen atoms in total. The SMILES string of the molecule is COC(=O)/C(C)=C\CC1(O)C(=O)C(C)C(C(C#N)C#N)C2C(=O)c3c(OC(=O)c4ccc(O[C@@H]5O[C@H](CO)[C@@H](O)[C@H](O)[C@H]5O)cc4)c4c(c(CC=C(C)C)c3OC21C(C)C(C)C)OC(C)(CCC=C(C)C)C=C4. The lowest BCUT2D eigenvalue weighted by molar-refractivity contribution is -0.277. The van der Waals surface area contributed by atoms with Crippen molar-refractivity contribution in [2.45, 2.75) is 142 Å². The molecule has 392 valence electrons. The van der Waals surface area contributed by atoms with Crippen LogP contribution in [-0.2, 0) is 25.5 Å². The summed E-state index contributed by atoms with van der Waals surface area (Å²) >= 11 is 0. The molecule has 2 aromatic rings. The van der Waals surface area contributed by atoms with Gasteiger partial charge in [0.2, 0.25) is 6.29 Å². The topological polar surface area (TPSA) is 272 Å². The fourth-order valence-corrected chi connectivity index (χ4v) is 10.5. The van der Waals surface area contributed by atoms with Crippen LogP contribution < -0.4 is 18.9 Å². The molecule has 6 rings (SSSR count). The summed E-state index contributed by atoms with van der Waals surface area (Å²) in [7, 11) is 1.19. The maximum absolute atomic E-state index is 16.4. The third-order valence-electron chi connectivity index (χ3n) is 15.0. The zero-order valence-corrected chi connectivity index (χ0v) is 43.3. The van der Waals surface area contributed by atoms with Crippen molar-refractivity contribution in [1.82, 2.24) is 0 Å². The van der Waals surface area contributed by atoms with E-state index in [1.807, 2.05) is 72.8 Å². The third-order valence-corrected chi connectivity index (χ3v) is 15.0. The minimum Gasteiger partial charge on any atom is -0.482 e. The smallest absolute Gasteiger partial charge is 0.343 e. The van der Waals surface area contributed by atoms with E-state index in [9.17, 15) is 45.6 Å². The number of hydrogen-bond donors (Lipinski definition) is 5. The Balaban J connectivity index is 1.63. The first-order valence-electron chi connectivity index (χ1n) is 24.6. The highest BCUT2D eigenvalue weighted by Crippen LogP contribution is 2.63. The molecule has 7 unspecified atom stereocenters.